The minimum Gasteiger partial charge on any atom is -0.481 e. The molecule has 3 rings (SSSR count). The number of carbonyl (C=O) groups excluding carboxylic acids is 1. The van der Waals surface area contributed by atoms with Crippen LogP contribution in [0.5, 0.6) is 5.88 Å². The van der Waals surface area contributed by atoms with Crippen molar-refractivity contribution in [3.8, 4) is 5.88 Å². The Hall–Kier alpha value is -2.45. The van der Waals surface area contributed by atoms with E-state index in [1.54, 1.807) is 19.9 Å². The molecular formula is C15H15F3N4O2. The molecule has 0 aromatic carbocycles. The molecule has 0 saturated heterocycles. The van der Waals surface area contributed by atoms with Crippen LogP contribution in [0.4, 0.5) is 13.2 Å². The fourth-order valence-electron chi connectivity index (χ4n) is 2.73. The van der Waals surface area contributed by atoms with Gasteiger partial charge in [0.15, 0.2) is 11.5 Å². The molecule has 0 radical (unpaired) electrons. The van der Waals surface area contributed by atoms with Gasteiger partial charge in [0.2, 0.25) is 5.88 Å². The second kappa shape index (κ2) is 5.29. The van der Waals surface area contributed by atoms with E-state index in [-0.39, 0.29) is 23.7 Å². The van der Waals surface area contributed by atoms with Gasteiger partial charge in [-0.15, -0.1) is 0 Å². The van der Waals surface area contributed by atoms with Gasteiger partial charge in [0.05, 0.1) is 18.0 Å². The van der Waals surface area contributed by atoms with Crippen LogP contribution in [-0.4, -0.2) is 29.1 Å². The van der Waals surface area contributed by atoms with Crippen LogP contribution in [-0.2, 0) is 11.0 Å². The molecule has 2 aromatic heterocycles. The maximum Gasteiger partial charge on any atom is 0.435 e. The Kier molecular flexibility index (Phi) is 3.61. The van der Waals surface area contributed by atoms with Crippen LogP contribution < -0.4 is 4.74 Å². The first-order chi connectivity index (χ1) is 11.2. The summed E-state index contributed by atoms with van der Waals surface area (Å²) < 4.78 is 45.3. The third-order valence-electron chi connectivity index (χ3n) is 4.23. The van der Waals surface area contributed by atoms with Gasteiger partial charge in [-0.3, -0.25) is 4.79 Å². The average Bonchev–Trinajstić information content (AvgIpc) is 2.95. The van der Waals surface area contributed by atoms with E-state index in [1.165, 1.54) is 13.2 Å². The molecule has 9 heteroatoms. The van der Waals surface area contributed by atoms with Crippen molar-refractivity contribution in [2.24, 2.45) is 15.6 Å². The number of rotatable bonds is 2. The Labute approximate surface area is 135 Å². The maximum atomic E-state index is 13.0. The number of Topliss-reactive ketones (excluding diaryl/α,β-unsaturated/α-hetero) is 1. The lowest BCUT2D eigenvalue weighted by Gasteiger charge is -2.32. The van der Waals surface area contributed by atoms with E-state index >= 15 is 0 Å². The second-order valence-electron chi connectivity index (χ2n) is 6.12. The molecule has 128 valence electrons. The van der Waals surface area contributed by atoms with Crippen LogP contribution in [0.15, 0.2) is 28.4 Å². The van der Waals surface area contributed by atoms with Crippen molar-refractivity contribution < 1.29 is 22.7 Å². The number of carbonyl (C=O) groups is 1. The number of azo groups is 1. The lowest BCUT2D eigenvalue weighted by atomic mass is 9.76. The van der Waals surface area contributed by atoms with E-state index in [4.69, 9.17) is 4.74 Å². The summed E-state index contributed by atoms with van der Waals surface area (Å²) in [7, 11) is 1.34. The SMILES string of the molecule is COc1ccc(C2N=NCC(=O)C2(C)C)c2cc(C(F)(F)F)nn12. The number of ketones is 1. The summed E-state index contributed by atoms with van der Waals surface area (Å²) in [5, 5.41) is 11.5. The molecule has 0 bridgehead atoms. The number of nitrogens with zero attached hydrogens (tertiary/aromatic N) is 4. The highest BCUT2D eigenvalue weighted by atomic mass is 19.4. The summed E-state index contributed by atoms with van der Waals surface area (Å²) in [6.45, 7) is 3.39. The summed E-state index contributed by atoms with van der Waals surface area (Å²) in [6.07, 6.45) is -4.59. The first-order valence-corrected chi connectivity index (χ1v) is 7.20. The van der Waals surface area contributed by atoms with Gasteiger partial charge < -0.3 is 4.74 Å². The molecule has 2 aromatic rings. The number of halogens is 3. The highest BCUT2D eigenvalue weighted by Gasteiger charge is 2.42. The van der Waals surface area contributed by atoms with Crippen LogP contribution in [0.2, 0.25) is 0 Å². The molecule has 1 aliphatic heterocycles. The number of fused-ring (bicyclic) bond motifs is 1. The quantitative estimate of drug-likeness (QED) is 0.841. The first-order valence-electron chi connectivity index (χ1n) is 7.20. The predicted molar refractivity (Wildman–Crippen MR) is 78.0 cm³/mol. The molecule has 6 nitrogen and oxygen atoms in total. The van der Waals surface area contributed by atoms with Gasteiger partial charge in [0, 0.05) is 11.6 Å². The molecule has 0 aliphatic carbocycles. The zero-order chi connectivity index (χ0) is 17.7. The lowest BCUT2D eigenvalue weighted by Crippen LogP contribution is -2.35. The molecule has 0 spiro atoms. The van der Waals surface area contributed by atoms with Gasteiger partial charge in [-0.05, 0) is 12.1 Å². The Balaban J connectivity index is 2.26. The van der Waals surface area contributed by atoms with E-state index in [2.05, 4.69) is 15.3 Å². The molecule has 24 heavy (non-hydrogen) atoms. The summed E-state index contributed by atoms with van der Waals surface area (Å²) >= 11 is 0. The molecule has 0 amide bonds. The van der Waals surface area contributed by atoms with Crippen molar-refractivity contribution in [2.45, 2.75) is 26.1 Å². The van der Waals surface area contributed by atoms with Gasteiger partial charge in [-0.25, -0.2) is 4.52 Å². The second-order valence-corrected chi connectivity index (χ2v) is 6.12. The fraction of sp³-hybridized carbons (Fsp3) is 0.467. The zero-order valence-corrected chi connectivity index (χ0v) is 13.3. The maximum absolute atomic E-state index is 13.0. The smallest absolute Gasteiger partial charge is 0.435 e. The van der Waals surface area contributed by atoms with E-state index in [9.17, 15) is 18.0 Å². The molecular weight excluding hydrogens is 325 g/mol. The number of hydrogen-bond acceptors (Lipinski definition) is 5. The Morgan fingerprint density at radius 1 is 1.33 bits per heavy atom. The van der Waals surface area contributed by atoms with Gasteiger partial charge >= 0.3 is 6.18 Å². The highest BCUT2D eigenvalue weighted by molar-refractivity contribution is 5.88. The van der Waals surface area contributed by atoms with Crippen LogP contribution in [0.25, 0.3) is 5.52 Å². The molecule has 0 saturated carbocycles. The normalized spacial score (nSPS) is 20.6. The van der Waals surface area contributed by atoms with Gasteiger partial charge in [-0.1, -0.05) is 13.8 Å². The van der Waals surface area contributed by atoms with Crippen molar-refractivity contribution in [3.63, 3.8) is 0 Å². The van der Waals surface area contributed by atoms with Crippen molar-refractivity contribution >= 4 is 11.3 Å². The number of methoxy groups -OCH3 is 1. The van der Waals surface area contributed by atoms with Crippen molar-refractivity contribution in [3.05, 3.63) is 29.5 Å². The van der Waals surface area contributed by atoms with Crippen LogP contribution in [0.1, 0.15) is 31.1 Å². The molecule has 3 heterocycles. The topological polar surface area (TPSA) is 68.3 Å². The first kappa shape index (κ1) is 16.4. The number of hydrogen-bond donors (Lipinski definition) is 0. The molecule has 1 atom stereocenters. The van der Waals surface area contributed by atoms with Crippen LogP contribution in [0.3, 0.4) is 0 Å². The third kappa shape index (κ3) is 2.44. The van der Waals surface area contributed by atoms with E-state index in [0.717, 1.165) is 10.6 Å². The largest absolute Gasteiger partial charge is 0.481 e. The third-order valence-corrected chi connectivity index (χ3v) is 4.23. The molecule has 1 aliphatic rings. The Morgan fingerprint density at radius 2 is 2.04 bits per heavy atom. The minimum absolute atomic E-state index is 0.0248. The average molecular weight is 340 g/mol. The number of pyridine rings is 1. The van der Waals surface area contributed by atoms with E-state index < -0.39 is 23.3 Å². The highest BCUT2D eigenvalue weighted by Crippen LogP contribution is 2.43. The number of aromatic nitrogens is 2. The zero-order valence-electron chi connectivity index (χ0n) is 13.3. The Bertz CT molecular complexity index is 839. The fourth-order valence-corrected chi connectivity index (χ4v) is 2.73. The van der Waals surface area contributed by atoms with Crippen LogP contribution >= 0.6 is 0 Å². The lowest BCUT2D eigenvalue weighted by molar-refractivity contribution is -0.141. The monoisotopic (exact) mass is 340 g/mol. The van der Waals surface area contributed by atoms with Gasteiger partial charge in [0.1, 0.15) is 12.6 Å². The standard InChI is InChI=1S/C15H15F3N4O2/c1-14(2)11(23)7-19-20-13(14)8-4-5-12(24-3)22-9(8)6-10(21-22)15(16,17)18/h4-6,13H,7H2,1-3H3. The Morgan fingerprint density at radius 3 is 2.67 bits per heavy atom. The van der Waals surface area contributed by atoms with Gasteiger partial charge in [-0.2, -0.15) is 28.5 Å². The molecule has 0 fully saturated rings. The van der Waals surface area contributed by atoms with E-state index in [0.29, 0.717) is 5.56 Å². The number of alkyl halides is 3. The van der Waals surface area contributed by atoms with Crippen molar-refractivity contribution in [1.29, 1.82) is 0 Å². The summed E-state index contributed by atoms with van der Waals surface area (Å²) in [6, 6.07) is 3.34. The molecule has 1 unspecified atom stereocenters. The van der Waals surface area contributed by atoms with Crippen molar-refractivity contribution in [1.82, 2.24) is 9.61 Å². The summed E-state index contributed by atoms with van der Waals surface area (Å²) in [5.41, 5.74) is -1.28. The van der Waals surface area contributed by atoms with Crippen molar-refractivity contribution in [2.75, 3.05) is 13.7 Å². The molecule has 0 N–H and O–H groups in total. The van der Waals surface area contributed by atoms with Gasteiger partial charge in [0.25, 0.3) is 0 Å². The predicted octanol–water partition coefficient (Wildman–Crippen LogP) is 3.46. The summed E-state index contributed by atoms with van der Waals surface area (Å²) in [4.78, 5) is 12.1. The minimum atomic E-state index is -4.59. The van der Waals surface area contributed by atoms with Crippen LogP contribution in [0, 0.1) is 5.41 Å². The number of ether oxygens (including phenoxy) is 1. The van der Waals surface area contributed by atoms with E-state index in [1.807, 2.05) is 0 Å². The summed E-state index contributed by atoms with van der Waals surface area (Å²) in [5.74, 6) is 0.0353.